The van der Waals surface area contributed by atoms with E-state index >= 15 is 0 Å². The number of hydrogen-bond donors (Lipinski definition) is 2. The normalized spacial score (nSPS) is 9.12. The van der Waals surface area contributed by atoms with Crippen molar-refractivity contribution in [2.24, 2.45) is 0 Å². The van der Waals surface area contributed by atoms with Crippen LogP contribution in [0.5, 0.6) is 0 Å². The Balaban J connectivity index is 2.82. The third-order valence-corrected chi connectivity index (χ3v) is 0.644. The predicted octanol–water partition coefficient (Wildman–Crippen LogP) is 0.0174. The summed E-state index contributed by atoms with van der Waals surface area (Å²) in [4.78, 5) is 9.72. The van der Waals surface area contributed by atoms with Crippen LogP contribution in [0.2, 0.25) is 0 Å². The lowest BCUT2D eigenvalue weighted by Gasteiger charge is -1.93. The summed E-state index contributed by atoms with van der Waals surface area (Å²) in [5.41, 5.74) is 0. The lowest BCUT2D eigenvalue weighted by Crippen LogP contribution is -2.07. The molecule has 48 valence electrons. The van der Waals surface area contributed by atoms with Crippen molar-refractivity contribution in [3.05, 3.63) is 0 Å². The van der Waals surface area contributed by atoms with Gasteiger partial charge < -0.3 is 9.84 Å². The van der Waals surface area contributed by atoms with E-state index in [1.165, 1.54) is 0 Å². The van der Waals surface area contributed by atoms with E-state index < -0.39 is 5.97 Å². The maximum atomic E-state index is 9.72. The summed E-state index contributed by atoms with van der Waals surface area (Å²) >= 11 is 3.81. The fourth-order valence-electron chi connectivity index (χ4n) is 0.224. The van der Waals surface area contributed by atoms with Gasteiger partial charge in [0.05, 0.1) is 6.61 Å². The molecule has 0 amide bonds. The van der Waals surface area contributed by atoms with E-state index in [9.17, 15) is 4.79 Å². The first-order valence-electron chi connectivity index (χ1n) is 2.17. The quantitative estimate of drug-likeness (QED) is 0.423. The Morgan fingerprint density at radius 3 is 2.75 bits per heavy atom. The molecule has 0 unspecified atom stereocenters. The molecule has 0 heterocycles. The van der Waals surface area contributed by atoms with Crippen LogP contribution in [-0.4, -0.2) is 30.0 Å². The minimum Gasteiger partial charge on any atom is -0.480 e. The zero-order valence-electron chi connectivity index (χ0n) is 4.33. The van der Waals surface area contributed by atoms with Crippen molar-refractivity contribution in [2.75, 3.05) is 19.0 Å². The number of thiol groups is 1. The molecule has 0 bridgehead atoms. The van der Waals surface area contributed by atoms with Crippen LogP contribution < -0.4 is 0 Å². The first kappa shape index (κ1) is 7.78. The predicted molar refractivity (Wildman–Crippen MR) is 32.3 cm³/mol. The fraction of sp³-hybridized carbons (Fsp3) is 0.750. The van der Waals surface area contributed by atoms with Gasteiger partial charge >= 0.3 is 5.97 Å². The van der Waals surface area contributed by atoms with Crippen LogP contribution in [-0.2, 0) is 9.53 Å². The molecule has 0 aromatic carbocycles. The van der Waals surface area contributed by atoms with Crippen molar-refractivity contribution >= 4 is 18.6 Å². The maximum Gasteiger partial charge on any atom is 0.329 e. The molecular weight excluding hydrogens is 128 g/mol. The Morgan fingerprint density at radius 1 is 1.75 bits per heavy atom. The van der Waals surface area contributed by atoms with Gasteiger partial charge in [0, 0.05) is 5.75 Å². The van der Waals surface area contributed by atoms with E-state index in [2.05, 4.69) is 17.4 Å². The summed E-state index contributed by atoms with van der Waals surface area (Å²) in [6.07, 6.45) is 0. The number of ether oxygens (including phenoxy) is 1. The number of hydrogen-bond acceptors (Lipinski definition) is 3. The molecule has 0 saturated carbocycles. The summed E-state index contributed by atoms with van der Waals surface area (Å²) in [7, 11) is 0. The van der Waals surface area contributed by atoms with Crippen LogP contribution in [0.3, 0.4) is 0 Å². The van der Waals surface area contributed by atoms with Crippen molar-refractivity contribution in [3.8, 4) is 0 Å². The van der Waals surface area contributed by atoms with Gasteiger partial charge in [-0.2, -0.15) is 12.6 Å². The van der Waals surface area contributed by atoms with Gasteiger partial charge in [0.1, 0.15) is 6.61 Å². The number of aliphatic carboxylic acids is 1. The number of carboxylic acid groups (broad SMARTS) is 1. The average molecular weight is 136 g/mol. The average Bonchev–Trinajstić information content (AvgIpc) is 1.66. The van der Waals surface area contributed by atoms with Crippen LogP contribution in [0.1, 0.15) is 0 Å². The zero-order valence-corrected chi connectivity index (χ0v) is 5.23. The summed E-state index contributed by atoms with van der Waals surface area (Å²) in [5.74, 6) is -0.375. The van der Waals surface area contributed by atoms with Gasteiger partial charge in [-0.05, 0) is 0 Å². The second-order valence-corrected chi connectivity index (χ2v) is 1.62. The SMILES string of the molecule is O=C(O)COCCS. The highest BCUT2D eigenvalue weighted by Gasteiger charge is 1.92. The molecule has 0 saturated heterocycles. The van der Waals surface area contributed by atoms with Crippen molar-refractivity contribution in [1.82, 2.24) is 0 Å². The molecule has 0 fully saturated rings. The van der Waals surface area contributed by atoms with Gasteiger partial charge in [-0.1, -0.05) is 0 Å². The summed E-state index contributed by atoms with van der Waals surface area (Å²) in [6, 6.07) is 0. The largest absolute Gasteiger partial charge is 0.480 e. The third kappa shape index (κ3) is 5.78. The maximum absolute atomic E-state index is 9.72. The smallest absolute Gasteiger partial charge is 0.329 e. The summed E-state index contributed by atoms with van der Waals surface area (Å²) in [5, 5.41) is 7.99. The molecule has 0 aliphatic carbocycles. The van der Waals surface area contributed by atoms with Crippen LogP contribution in [0.15, 0.2) is 0 Å². The van der Waals surface area contributed by atoms with Crippen molar-refractivity contribution in [2.45, 2.75) is 0 Å². The molecule has 0 spiro atoms. The monoisotopic (exact) mass is 136 g/mol. The molecule has 1 N–H and O–H groups in total. The molecule has 0 rings (SSSR count). The molecular formula is C4H8O3S. The molecule has 4 heteroatoms. The van der Waals surface area contributed by atoms with E-state index in [1.807, 2.05) is 0 Å². The van der Waals surface area contributed by atoms with Crippen LogP contribution in [0.25, 0.3) is 0 Å². The van der Waals surface area contributed by atoms with E-state index in [0.717, 1.165) is 0 Å². The van der Waals surface area contributed by atoms with Gasteiger partial charge in [-0.25, -0.2) is 4.79 Å². The fourth-order valence-corrected chi connectivity index (χ4v) is 0.353. The second kappa shape index (κ2) is 4.93. The third-order valence-electron chi connectivity index (χ3n) is 0.461. The highest BCUT2D eigenvalue weighted by atomic mass is 32.1. The van der Waals surface area contributed by atoms with Crippen LogP contribution in [0, 0.1) is 0 Å². The lowest BCUT2D eigenvalue weighted by atomic mass is 10.7. The van der Waals surface area contributed by atoms with E-state index in [1.54, 1.807) is 0 Å². The Morgan fingerprint density at radius 2 is 2.38 bits per heavy atom. The lowest BCUT2D eigenvalue weighted by molar-refractivity contribution is -0.141. The molecule has 0 radical (unpaired) electrons. The molecule has 8 heavy (non-hydrogen) atoms. The minimum absolute atomic E-state index is 0.222. The van der Waals surface area contributed by atoms with Gasteiger partial charge in [0.25, 0.3) is 0 Å². The van der Waals surface area contributed by atoms with Crippen LogP contribution >= 0.6 is 12.6 Å². The number of carbonyl (C=O) groups is 1. The van der Waals surface area contributed by atoms with Crippen molar-refractivity contribution < 1.29 is 14.6 Å². The molecule has 0 aliphatic rings. The van der Waals surface area contributed by atoms with Gasteiger partial charge in [-0.3, -0.25) is 0 Å². The van der Waals surface area contributed by atoms with Gasteiger partial charge in [0.15, 0.2) is 0 Å². The van der Waals surface area contributed by atoms with Crippen molar-refractivity contribution in [3.63, 3.8) is 0 Å². The highest BCUT2D eigenvalue weighted by Crippen LogP contribution is 1.76. The number of rotatable bonds is 4. The molecule has 0 aromatic rings. The van der Waals surface area contributed by atoms with E-state index in [4.69, 9.17) is 5.11 Å². The van der Waals surface area contributed by atoms with E-state index in [-0.39, 0.29) is 6.61 Å². The molecule has 0 aromatic heterocycles. The van der Waals surface area contributed by atoms with Gasteiger partial charge in [-0.15, -0.1) is 0 Å². The molecule has 0 atom stereocenters. The second-order valence-electron chi connectivity index (χ2n) is 1.17. The Kier molecular flexibility index (Phi) is 4.79. The highest BCUT2D eigenvalue weighted by molar-refractivity contribution is 7.80. The Labute approximate surface area is 53.1 Å². The zero-order chi connectivity index (χ0) is 6.41. The minimum atomic E-state index is -0.938. The number of carboxylic acids is 1. The van der Waals surface area contributed by atoms with Crippen molar-refractivity contribution in [1.29, 1.82) is 0 Å². The topological polar surface area (TPSA) is 46.5 Å². The van der Waals surface area contributed by atoms with E-state index in [0.29, 0.717) is 12.4 Å². The standard InChI is InChI=1S/C4H8O3S/c5-4(6)3-7-1-2-8/h8H,1-3H2,(H,5,6). The Bertz CT molecular complexity index is 73.7. The summed E-state index contributed by atoms with van der Waals surface area (Å²) < 4.78 is 4.57. The van der Waals surface area contributed by atoms with Gasteiger partial charge in [0.2, 0.25) is 0 Å². The molecule has 0 aliphatic heterocycles. The first-order chi connectivity index (χ1) is 3.77. The first-order valence-corrected chi connectivity index (χ1v) is 2.81. The van der Waals surface area contributed by atoms with Crippen LogP contribution in [0.4, 0.5) is 0 Å². The Hall–Kier alpha value is -0.220. The summed E-state index contributed by atoms with van der Waals surface area (Å²) in [6.45, 7) is 0.177. The molecule has 3 nitrogen and oxygen atoms in total.